The number of azo groups is 1. The number of fused-ring (bicyclic) bond motifs is 2. The minimum atomic E-state index is -0.667. The van der Waals surface area contributed by atoms with Crippen molar-refractivity contribution in [2.45, 2.75) is 37.8 Å². The lowest BCUT2D eigenvalue weighted by Crippen LogP contribution is -2.42. The van der Waals surface area contributed by atoms with Crippen LogP contribution in [0.3, 0.4) is 0 Å². The Morgan fingerprint density at radius 1 is 1.17 bits per heavy atom. The molecule has 1 saturated carbocycles. The number of amides is 1. The molecule has 36 heavy (non-hydrogen) atoms. The molecule has 3 N–H and O–H groups in total. The van der Waals surface area contributed by atoms with Crippen LogP contribution < -0.4 is 10.6 Å². The van der Waals surface area contributed by atoms with Crippen molar-refractivity contribution in [1.82, 2.24) is 24.8 Å². The summed E-state index contributed by atoms with van der Waals surface area (Å²) in [6, 6.07) is 4.15. The number of aromatic amines is 1. The van der Waals surface area contributed by atoms with Crippen LogP contribution in [-0.4, -0.2) is 44.1 Å². The minimum Gasteiger partial charge on any atom is -0.367 e. The SMILES string of the molecule is Cn1ccc2c(NC3CCCC(NC(=O)C4=CCN=N4)C3)nc(-c3c[nH]c4c(F)cc(F)cc34)nc21. The fourth-order valence-electron chi connectivity index (χ4n) is 5.04. The fraction of sp³-hybridized carbons (Fsp3) is 0.320. The summed E-state index contributed by atoms with van der Waals surface area (Å²) in [5.74, 6) is -0.521. The Labute approximate surface area is 204 Å². The van der Waals surface area contributed by atoms with Crippen molar-refractivity contribution in [3.63, 3.8) is 0 Å². The maximum atomic E-state index is 14.3. The van der Waals surface area contributed by atoms with E-state index in [0.29, 0.717) is 40.5 Å². The number of carbonyl (C=O) groups is 1. The Morgan fingerprint density at radius 2 is 2.03 bits per heavy atom. The molecular weight excluding hydrogens is 466 g/mol. The first kappa shape index (κ1) is 22.3. The van der Waals surface area contributed by atoms with E-state index in [1.165, 1.54) is 6.07 Å². The monoisotopic (exact) mass is 490 g/mol. The number of H-pyrrole nitrogens is 1. The number of aryl methyl sites for hydroxylation is 1. The molecule has 0 radical (unpaired) electrons. The Hall–Kier alpha value is -4.15. The summed E-state index contributed by atoms with van der Waals surface area (Å²) in [6.45, 7) is 0.441. The normalized spacial score (nSPS) is 19.7. The highest BCUT2D eigenvalue weighted by molar-refractivity contribution is 5.97. The van der Waals surface area contributed by atoms with E-state index in [4.69, 9.17) is 9.97 Å². The minimum absolute atomic E-state index is 0.00703. The largest absolute Gasteiger partial charge is 0.367 e. The van der Waals surface area contributed by atoms with Gasteiger partial charge in [0.05, 0.1) is 17.4 Å². The van der Waals surface area contributed by atoms with E-state index in [2.05, 4.69) is 25.8 Å². The van der Waals surface area contributed by atoms with Crippen LogP contribution in [0.25, 0.3) is 33.3 Å². The Morgan fingerprint density at radius 3 is 2.86 bits per heavy atom. The molecule has 1 aromatic carbocycles. The molecule has 184 valence electrons. The number of hydrogen-bond donors (Lipinski definition) is 3. The van der Waals surface area contributed by atoms with Crippen molar-refractivity contribution < 1.29 is 13.6 Å². The van der Waals surface area contributed by atoms with E-state index < -0.39 is 11.6 Å². The molecule has 0 saturated heterocycles. The molecule has 4 heterocycles. The summed E-state index contributed by atoms with van der Waals surface area (Å²) in [7, 11) is 1.89. The number of rotatable bonds is 5. The predicted molar refractivity (Wildman–Crippen MR) is 131 cm³/mol. The number of aromatic nitrogens is 4. The van der Waals surface area contributed by atoms with Gasteiger partial charge in [0.25, 0.3) is 5.91 Å². The molecule has 3 aromatic heterocycles. The number of anilines is 1. The predicted octanol–water partition coefficient (Wildman–Crippen LogP) is 4.58. The van der Waals surface area contributed by atoms with Crippen LogP contribution in [0.1, 0.15) is 25.7 Å². The summed E-state index contributed by atoms with van der Waals surface area (Å²) in [5, 5.41) is 15.6. The van der Waals surface area contributed by atoms with Crippen LogP contribution in [0, 0.1) is 11.6 Å². The van der Waals surface area contributed by atoms with Gasteiger partial charge in [0.1, 0.15) is 28.8 Å². The maximum Gasteiger partial charge on any atom is 0.271 e. The highest BCUT2D eigenvalue weighted by Gasteiger charge is 2.26. The topological polar surface area (TPSA) is 112 Å². The first-order valence-electron chi connectivity index (χ1n) is 11.9. The lowest BCUT2D eigenvalue weighted by Gasteiger charge is -2.30. The average Bonchev–Trinajstić information content (AvgIpc) is 3.60. The van der Waals surface area contributed by atoms with Crippen LogP contribution in [0.5, 0.6) is 0 Å². The zero-order chi connectivity index (χ0) is 24.8. The molecule has 6 rings (SSSR count). The van der Waals surface area contributed by atoms with Crippen molar-refractivity contribution in [3.05, 3.63) is 54.0 Å². The summed E-state index contributed by atoms with van der Waals surface area (Å²) in [6.07, 6.45) is 8.69. The van der Waals surface area contributed by atoms with Gasteiger partial charge < -0.3 is 20.2 Å². The number of nitrogens with zero attached hydrogens (tertiary/aromatic N) is 5. The van der Waals surface area contributed by atoms with E-state index in [0.717, 1.165) is 37.1 Å². The maximum absolute atomic E-state index is 14.3. The molecule has 1 aliphatic carbocycles. The summed E-state index contributed by atoms with van der Waals surface area (Å²) < 4.78 is 30.2. The van der Waals surface area contributed by atoms with Gasteiger partial charge in [0.15, 0.2) is 5.82 Å². The zero-order valence-electron chi connectivity index (χ0n) is 19.6. The molecule has 2 aliphatic rings. The molecule has 11 heteroatoms. The molecule has 1 aliphatic heterocycles. The van der Waals surface area contributed by atoms with Crippen molar-refractivity contribution in [2.75, 3.05) is 11.9 Å². The number of hydrogen-bond acceptors (Lipinski definition) is 6. The third-order valence-corrected chi connectivity index (χ3v) is 6.80. The third kappa shape index (κ3) is 4.00. The first-order valence-corrected chi connectivity index (χ1v) is 11.9. The quantitative estimate of drug-likeness (QED) is 0.380. The summed E-state index contributed by atoms with van der Waals surface area (Å²) in [5.41, 5.74) is 1.79. The molecule has 1 fully saturated rings. The van der Waals surface area contributed by atoms with Gasteiger partial charge in [0, 0.05) is 48.5 Å². The van der Waals surface area contributed by atoms with Crippen molar-refractivity contribution in [1.29, 1.82) is 0 Å². The molecule has 4 aromatic rings. The lowest BCUT2D eigenvalue weighted by atomic mass is 9.90. The number of benzene rings is 1. The van der Waals surface area contributed by atoms with E-state index >= 15 is 0 Å². The van der Waals surface area contributed by atoms with Crippen LogP contribution >= 0.6 is 0 Å². The van der Waals surface area contributed by atoms with E-state index in [-0.39, 0.29) is 23.5 Å². The Kier molecular flexibility index (Phi) is 5.46. The van der Waals surface area contributed by atoms with Gasteiger partial charge in [0.2, 0.25) is 0 Å². The van der Waals surface area contributed by atoms with Gasteiger partial charge in [-0.15, -0.1) is 0 Å². The van der Waals surface area contributed by atoms with E-state index in [1.54, 1.807) is 12.3 Å². The second-order valence-corrected chi connectivity index (χ2v) is 9.26. The highest BCUT2D eigenvalue weighted by Crippen LogP contribution is 2.33. The lowest BCUT2D eigenvalue weighted by molar-refractivity contribution is -0.118. The standard InChI is InChI=1S/C25H24F2N8O/c1-35-8-6-16-22(30-14-3-2-4-15(11-14)31-25(36)20-5-7-29-34-20)32-23(33-24(16)35)18-12-28-21-17(18)9-13(26)10-19(21)27/h5-6,8-10,12,14-15,28H,2-4,7,11H2,1H3,(H,31,36)(H,30,32,33). The molecular formula is C25H24F2N8O. The molecule has 2 unspecified atom stereocenters. The molecule has 1 amide bonds. The van der Waals surface area contributed by atoms with Gasteiger partial charge in [-0.2, -0.15) is 10.2 Å². The number of carbonyl (C=O) groups excluding carboxylic acids is 1. The second-order valence-electron chi connectivity index (χ2n) is 9.26. The van der Waals surface area contributed by atoms with Gasteiger partial charge in [-0.1, -0.05) is 0 Å². The first-order chi connectivity index (χ1) is 17.5. The van der Waals surface area contributed by atoms with Crippen molar-refractivity contribution >= 4 is 33.7 Å². The van der Waals surface area contributed by atoms with Crippen molar-refractivity contribution in [3.8, 4) is 11.4 Å². The van der Waals surface area contributed by atoms with Crippen LogP contribution in [0.2, 0.25) is 0 Å². The smallest absolute Gasteiger partial charge is 0.271 e. The average molecular weight is 491 g/mol. The zero-order valence-corrected chi connectivity index (χ0v) is 19.6. The highest BCUT2D eigenvalue weighted by atomic mass is 19.1. The Bertz CT molecular complexity index is 1550. The third-order valence-electron chi connectivity index (χ3n) is 6.80. The van der Waals surface area contributed by atoms with Crippen LogP contribution in [-0.2, 0) is 11.8 Å². The molecule has 2 atom stereocenters. The van der Waals surface area contributed by atoms with E-state index in [9.17, 15) is 13.6 Å². The van der Waals surface area contributed by atoms with Crippen LogP contribution in [0.4, 0.5) is 14.6 Å². The van der Waals surface area contributed by atoms with Crippen LogP contribution in [0.15, 0.2) is 52.6 Å². The van der Waals surface area contributed by atoms with Gasteiger partial charge in [-0.05, 0) is 43.9 Å². The molecule has 0 spiro atoms. The van der Waals surface area contributed by atoms with Gasteiger partial charge in [-0.25, -0.2) is 18.7 Å². The van der Waals surface area contributed by atoms with Gasteiger partial charge >= 0.3 is 0 Å². The Balaban J connectivity index is 1.31. The number of halogens is 2. The summed E-state index contributed by atoms with van der Waals surface area (Å²) in [4.78, 5) is 24.8. The van der Waals surface area contributed by atoms with Crippen molar-refractivity contribution in [2.24, 2.45) is 17.3 Å². The fourth-order valence-corrected chi connectivity index (χ4v) is 5.04. The van der Waals surface area contributed by atoms with Gasteiger partial charge in [-0.3, -0.25) is 4.79 Å². The number of nitrogens with one attached hydrogen (secondary N) is 3. The second kappa shape index (κ2) is 8.81. The summed E-state index contributed by atoms with van der Waals surface area (Å²) >= 11 is 0. The van der Waals surface area contributed by atoms with E-state index in [1.807, 2.05) is 23.9 Å². The molecule has 9 nitrogen and oxygen atoms in total. The molecule has 0 bridgehead atoms.